The molecular weight excluding hydrogens is 319 g/mol. The molecule has 1 aromatic heterocycles. The van der Waals surface area contributed by atoms with Crippen LogP contribution in [0.2, 0.25) is 0 Å². The zero-order valence-corrected chi connectivity index (χ0v) is 13.4. The van der Waals surface area contributed by atoms with Crippen LogP contribution in [0.1, 0.15) is 17.7 Å². The molecule has 3 rings (SSSR count). The van der Waals surface area contributed by atoms with Gasteiger partial charge in [0, 0.05) is 24.8 Å². The first kappa shape index (κ1) is 15.9. The van der Waals surface area contributed by atoms with Crippen LogP contribution in [0.4, 0.5) is 4.39 Å². The van der Waals surface area contributed by atoms with E-state index in [4.69, 9.17) is 0 Å². The quantitative estimate of drug-likeness (QED) is 0.920. The molecular formula is C16H17FN2O3S. The molecule has 23 heavy (non-hydrogen) atoms. The molecule has 0 unspecified atom stereocenters. The number of hydrogen-bond donors (Lipinski definition) is 1. The molecule has 5 nitrogen and oxygen atoms in total. The van der Waals surface area contributed by atoms with Gasteiger partial charge in [0.1, 0.15) is 5.82 Å². The molecule has 0 spiro atoms. The SMILES string of the molecule is Cn1c2c(ccc1=O)C[C@@H](NS(=O)(=O)c1ccc(F)cc1)CC2. The molecule has 1 aliphatic carbocycles. The second-order valence-electron chi connectivity index (χ2n) is 5.72. The summed E-state index contributed by atoms with van der Waals surface area (Å²) in [5.41, 5.74) is 1.87. The summed E-state index contributed by atoms with van der Waals surface area (Å²) in [6.07, 6.45) is 1.78. The summed E-state index contributed by atoms with van der Waals surface area (Å²) in [7, 11) is -1.96. The number of fused-ring (bicyclic) bond motifs is 1. The van der Waals surface area contributed by atoms with Gasteiger partial charge in [-0.05, 0) is 49.1 Å². The Balaban J connectivity index is 1.80. The fourth-order valence-corrected chi connectivity index (χ4v) is 4.19. The summed E-state index contributed by atoms with van der Waals surface area (Å²) >= 11 is 0. The Labute approximate surface area is 133 Å². The number of nitrogens with zero attached hydrogens (tertiary/aromatic N) is 1. The van der Waals surface area contributed by atoms with E-state index >= 15 is 0 Å². The molecule has 0 fully saturated rings. The highest BCUT2D eigenvalue weighted by Gasteiger charge is 2.25. The van der Waals surface area contributed by atoms with Crippen LogP contribution in [0.15, 0.2) is 46.1 Å². The number of rotatable bonds is 3. The lowest BCUT2D eigenvalue weighted by atomic mass is 9.92. The summed E-state index contributed by atoms with van der Waals surface area (Å²) < 4.78 is 41.9. The van der Waals surface area contributed by atoms with E-state index in [1.54, 1.807) is 17.7 Å². The summed E-state index contributed by atoms with van der Waals surface area (Å²) in [5.74, 6) is -0.475. The van der Waals surface area contributed by atoms with Crippen LogP contribution < -0.4 is 10.3 Å². The van der Waals surface area contributed by atoms with Crippen molar-refractivity contribution in [2.24, 2.45) is 7.05 Å². The molecule has 1 N–H and O–H groups in total. The number of hydrogen-bond acceptors (Lipinski definition) is 3. The topological polar surface area (TPSA) is 68.2 Å². The first-order valence-electron chi connectivity index (χ1n) is 7.32. The maximum atomic E-state index is 12.9. The molecule has 0 saturated carbocycles. The minimum Gasteiger partial charge on any atom is -0.315 e. The zero-order valence-electron chi connectivity index (χ0n) is 12.6. The van der Waals surface area contributed by atoms with Gasteiger partial charge in [0.2, 0.25) is 15.6 Å². The number of benzene rings is 1. The van der Waals surface area contributed by atoms with Gasteiger partial charge in [-0.2, -0.15) is 0 Å². The van der Waals surface area contributed by atoms with E-state index in [2.05, 4.69) is 4.72 Å². The van der Waals surface area contributed by atoms with Crippen molar-refractivity contribution < 1.29 is 12.8 Å². The van der Waals surface area contributed by atoms with E-state index in [1.807, 2.05) is 0 Å². The van der Waals surface area contributed by atoms with Crippen molar-refractivity contribution in [1.29, 1.82) is 0 Å². The van der Waals surface area contributed by atoms with Crippen molar-refractivity contribution >= 4 is 10.0 Å². The lowest BCUT2D eigenvalue weighted by Gasteiger charge is -2.26. The summed E-state index contributed by atoms with van der Waals surface area (Å²) in [5, 5.41) is 0. The summed E-state index contributed by atoms with van der Waals surface area (Å²) in [4.78, 5) is 11.7. The Morgan fingerprint density at radius 3 is 2.57 bits per heavy atom. The minimum atomic E-state index is -3.68. The van der Waals surface area contributed by atoms with E-state index in [-0.39, 0.29) is 16.5 Å². The van der Waals surface area contributed by atoms with E-state index in [1.165, 1.54) is 18.2 Å². The predicted octanol–water partition coefficient (Wildman–Crippen LogP) is 1.36. The highest BCUT2D eigenvalue weighted by molar-refractivity contribution is 7.89. The van der Waals surface area contributed by atoms with Crippen LogP contribution in [0.25, 0.3) is 0 Å². The second-order valence-corrected chi connectivity index (χ2v) is 7.43. The van der Waals surface area contributed by atoms with Gasteiger partial charge in [0.25, 0.3) is 0 Å². The zero-order chi connectivity index (χ0) is 16.6. The predicted molar refractivity (Wildman–Crippen MR) is 84.2 cm³/mol. The molecule has 0 bridgehead atoms. The van der Waals surface area contributed by atoms with Crippen LogP contribution in [0.3, 0.4) is 0 Å². The largest absolute Gasteiger partial charge is 0.315 e. The molecule has 1 atom stereocenters. The minimum absolute atomic E-state index is 0.0464. The van der Waals surface area contributed by atoms with E-state index in [0.717, 1.165) is 23.4 Å². The van der Waals surface area contributed by atoms with Crippen molar-refractivity contribution in [3.63, 3.8) is 0 Å². The number of nitrogens with one attached hydrogen (secondary N) is 1. The molecule has 0 aliphatic heterocycles. The highest BCUT2D eigenvalue weighted by atomic mass is 32.2. The molecule has 122 valence electrons. The third-order valence-electron chi connectivity index (χ3n) is 4.17. The van der Waals surface area contributed by atoms with Gasteiger partial charge in [0.05, 0.1) is 4.90 Å². The van der Waals surface area contributed by atoms with Crippen molar-refractivity contribution in [3.8, 4) is 0 Å². The lowest BCUT2D eigenvalue weighted by molar-refractivity contribution is 0.493. The molecule has 0 saturated heterocycles. The van der Waals surface area contributed by atoms with Gasteiger partial charge in [-0.15, -0.1) is 0 Å². The van der Waals surface area contributed by atoms with Crippen LogP contribution in [0.5, 0.6) is 0 Å². The smallest absolute Gasteiger partial charge is 0.250 e. The Bertz CT molecular complexity index is 889. The first-order chi connectivity index (χ1) is 10.9. The number of halogens is 1. The lowest BCUT2D eigenvalue weighted by Crippen LogP contribution is -2.40. The van der Waals surface area contributed by atoms with Gasteiger partial charge in [-0.3, -0.25) is 4.79 Å². The Hall–Kier alpha value is -1.99. The second kappa shape index (κ2) is 5.90. The normalized spacial score (nSPS) is 17.7. The van der Waals surface area contributed by atoms with Crippen LogP contribution in [0, 0.1) is 5.82 Å². The van der Waals surface area contributed by atoms with Crippen molar-refractivity contribution in [2.45, 2.75) is 30.2 Å². The molecule has 0 radical (unpaired) electrons. The van der Waals surface area contributed by atoms with E-state index in [0.29, 0.717) is 19.3 Å². The maximum absolute atomic E-state index is 12.9. The number of aromatic nitrogens is 1. The molecule has 1 heterocycles. The third-order valence-corrected chi connectivity index (χ3v) is 5.71. The van der Waals surface area contributed by atoms with E-state index < -0.39 is 15.8 Å². The Morgan fingerprint density at radius 2 is 1.87 bits per heavy atom. The molecule has 2 aromatic rings. The first-order valence-corrected chi connectivity index (χ1v) is 8.81. The monoisotopic (exact) mass is 336 g/mol. The maximum Gasteiger partial charge on any atom is 0.250 e. The molecule has 1 aromatic carbocycles. The average Bonchev–Trinajstić information content (AvgIpc) is 2.51. The van der Waals surface area contributed by atoms with Crippen molar-refractivity contribution in [1.82, 2.24) is 9.29 Å². The van der Waals surface area contributed by atoms with Gasteiger partial charge < -0.3 is 4.57 Å². The third kappa shape index (κ3) is 3.20. The highest BCUT2D eigenvalue weighted by Crippen LogP contribution is 2.21. The molecule has 7 heteroatoms. The number of pyridine rings is 1. The Kier molecular flexibility index (Phi) is 4.08. The Morgan fingerprint density at radius 1 is 1.17 bits per heavy atom. The van der Waals surface area contributed by atoms with Crippen LogP contribution in [-0.4, -0.2) is 19.0 Å². The van der Waals surface area contributed by atoms with Crippen LogP contribution >= 0.6 is 0 Å². The van der Waals surface area contributed by atoms with Gasteiger partial charge in [-0.1, -0.05) is 6.07 Å². The van der Waals surface area contributed by atoms with Gasteiger partial charge in [0.15, 0.2) is 0 Å². The summed E-state index contributed by atoms with van der Waals surface area (Å²) in [6, 6.07) is 7.76. The number of sulfonamides is 1. The standard InChI is InChI=1S/C16H17FN2O3S/c1-19-15-8-5-13(10-11(15)2-9-16(19)20)18-23(21,22)14-6-3-12(17)4-7-14/h2-4,6-7,9,13,18H,5,8,10H2,1H3/t13-/m0/s1. The van der Waals surface area contributed by atoms with E-state index in [9.17, 15) is 17.6 Å². The van der Waals surface area contributed by atoms with Crippen molar-refractivity contribution in [3.05, 3.63) is 63.8 Å². The molecule has 1 aliphatic rings. The fourth-order valence-electron chi connectivity index (χ4n) is 2.92. The fraction of sp³-hybridized carbons (Fsp3) is 0.312. The summed E-state index contributed by atoms with van der Waals surface area (Å²) in [6.45, 7) is 0. The van der Waals surface area contributed by atoms with Gasteiger partial charge in [-0.25, -0.2) is 17.5 Å². The van der Waals surface area contributed by atoms with Crippen molar-refractivity contribution in [2.75, 3.05) is 0 Å². The van der Waals surface area contributed by atoms with Crippen LogP contribution in [-0.2, 0) is 29.9 Å². The van der Waals surface area contributed by atoms with Gasteiger partial charge >= 0.3 is 0 Å². The molecule has 0 amide bonds. The average molecular weight is 336 g/mol.